The Labute approximate surface area is 96.7 Å². The second kappa shape index (κ2) is 49.7. The van der Waals surface area contributed by atoms with Gasteiger partial charge in [-0.1, -0.05) is 0 Å². The zero-order valence-electron chi connectivity index (χ0n) is 5.02. The summed E-state index contributed by atoms with van der Waals surface area (Å²) >= 11 is 0. The van der Waals surface area contributed by atoms with Crippen LogP contribution in [-0.2, 0) is 9.13 Å². The van der Waals surface area contributed by atoms with Crippen LogP contribution in [0.4, 0.5) is 0 Å². The fraction of sp³-hybridized carbons (Fsp3) is 0. The Morgan fingerprint density at radius 2 is 1.30 bits per heavy atom. The van der Waals surface area contributed by atoms with Gasteiger partial charge in [-0.3, -0.25) is 9.13 Å². The summed E-state index contributed by atoms with van der Waals surface area (Å²) in [5.74, 6) is 0. The number of rotatable bonds is 0. The van der Waals surface area contributed by atoms with Crippen molar-refractivity contribution in [2.24, 2.45) is 0 Å². The Morgan fingerprint density at radius 3 is 1.30 bits per heavy atom. The predicted octanol–water partition coefficient (Wildman–Crippen LogP) is 0.113. The van der Waals surface area contributed by atoms with E-state index in [9.17, 15) is 0 Å². The van der Waals surface area contributed by atoms with E-state index in [1.165, 1.54) is 6.08 Å². The molecule has 7 heteroatoms. The van der Waals surface area contributed by atoms with Gasteiger partial charge in [0.25, 0.3) is 0 Å². The first-order chi connectivity index (χ1) is 4.24. The summed E-state index contributed by atoms with van der Waals surface area (Å²) in [4.78, 5) is 16.7. The van der Waals surface area contributed by atoms with Crippen LogP contribution >= 0.6 is 17.4 Å². The summed E-state index contributed by atoms with van der Waals surface area (Å²) in [5, 5.41) is 0. The predicted molar refractivity (Wildman–Crippen MR) is 30.8 cm³/mol. The molecular weight excluding hydrogens is 302 g/mol. The van der Waals surface area contributed by atoms with Crippen molar-refractivity contribution >= 4 is 17.4 Å². The maximum Gasteiger partial charge on any atom is 3.00 e. The van der Waals surface area contributed by atoms with Gasteiger partial charge in [-0.2, -0.15) is 0 Å². The van der Waals surface area contributed by atoms with Gasteiger partial charge in [0, 0.05) is 0 Å². The van der Waals surface area contributed by atoms with Crippen molar-refractivity contribution in [1.29, 1.82) is 0 Å². The van der Waals surface area contributed by atoms with E-state index in [2.05, 4.69) is 13.5 Å². The molecule has 0 aliphatic carbocycles. The second-order valence-corrected chi connectivity index (χ2v) is 0.736. The van der Waals surface area contributed by atoms with Crippen molar-refractivity contribution in [3.8, 4) is 0 Å². The number of hydrogen-bond acceptors (Lipinski definition) is 4. The molecule has 0 aliphatic rings. The maximum absolute atomic E-state index is 8.35. The summed E-state index contributed by atoms with van der Waals surface area (Å²) in [6.07, 6.45) is 1.50. The molecule has 0 aromatic rings. The van der Waals surface area contributed by atoms with E-state index < -0.39 is 17.4 Å². The molecule has 55 valence electrons. The average Bonchev–Trinajstić information content (AvgIpc) is 1.70. The van der Waals surface area contributed by atoms with E-state index in [1.807, 2.05) is 0 Å². The summed E-state index contributed by atoms with van der Waals surface area (Å²) in [6, 6.07) is 0. The molecule has 0 fully saturated rings. The van der Waals surface area contributed by atoms with Crippen LogP contribution in [0.25, 0.3) is 0 Å². The van der Waals surface area contributed by atoms with E-state index >= 15 is 0 Å². The first kappa shape index (κ1) is 22.5. The van der Waals surface area contributed by atoms with Crippen LogP contribution in [0.2, 0.25) is 0 Å². The summed E-state index contributed by atoms with van der Waals surface area (Å²) in [5.41, 5.74) is 0. The SMILES string of the molecule is C=C[CH2-].O=P[O-].O=P[O-].[Ce+3]. The third-order valence-electron chi connectivity index (χ3n) is 0. The van der Waals surface area contributed by atoms with Crippen LogP contribution in [0.5, 0.6) is 0 Å². The molecule has 0 aromatic heterocycles. The second-order valence-electron chi connectivity index (χ2n) is 0.438. The molecule has 0 bridgehead atoms. The molecule has 1 radical (unpaired) electrons. The Balaban J connectivity index is -0.0000000257. The minimum Gasteiger partial charge on any atom is -0.772 e. The zero-order valence-corrected chi connectivity index (χ0v) is 9.95. The first-order valence-electron chi connectivity index (χ1n) is 1.55. The molecule has 0 unspecified atom stereocenters. The fourth-order valence-electron chi connectivity index (χ4n) is 0. The largest absolute Gasteiger partial charge is 3.00 e. The van der Waals surface area contributed by atoms with Crippen LogP contribution in [0.3, 0.4) is 0 Å². The van der Waals surface area contributed by atoms with Crippen LogP contribution in [-0.4, -0.2) is 0 Å². The minimum absolute atomic E-state index is 0. The fourth-order valence-corrected chi connectivity index (χ4v) is 0. The Kier molecular flexibility index (Phi) is 112. The maximum atomic E-state index is 8.35. The third-order valence-corrected chi connectivity index (χ3v) is 0. The average molecular weight is 307 g/mol. The summed E-state index contributed by atoms with van der Waals surface area (Å²) < 4.78 is 16.7. The van der Waals surface area contributed by atoms with Gasteiger partial charge in [0.15, 0.2) is 0 Å². The van der Waals surface area contributed by atoms with E-state index in [0.717, 1.165) is 0 Å². The van der Waals surface area contributed by atoms with Crippen LogP contribution in [0.1, 0.15) is 0 Å². The molecule has 0 aromatic carbocycles. The Hall–Kier alpha value is 1.11. The minimum atomic E-state index is -1.08. The van der Waals surface area contributed by atoms with E-state index in [-0.39, 0.29) is 41.7 Å². The van der Waals surface area contributed by atoms with Gasteiger partial charge in [-0.05, 0) is 0 Å². The molecule has 0 saturated carbocycles. The Bertz CT molecular complexity index is 55.3. The van der Waals surface area contributed by atoms with E-state index in [0.29, 0.717) is 0 Å². The van der Waals surface area contributed by atoms with E-state index in [4.69, 9.17) is 18.9 Å². The third kappa shape index (κ3) is 489. The number of allylic oxidation sites excluding steroid dienone is 1. The van der Waals surface area contributed by atoms with Crippen molar-refractivity contribution in [2.75, 3.05) is 0 Å². The van der Waals surface area contributed by atoms with Gasteiger partial charge in [-0.15, -0.1) is 0 Å². The summed E-state index contributed by atoms with van der Waals surface area (Å²) in [7, 11) is -2.17. The molecule has 0 heterocycles. The molecule has 0 amide bonds. The van der Waals surface area contributed by atoms with Gasteiger partial charge in [0.05, 0.1) is 17.4 Å². The molecular formula is C3H5CeO4P2. The van der Waals surface area contributed by atoms with Gasteiger partial charge in [0.2, 0.25) is 0 Å². The van der Waals surface area contributed by atoms with Gasteiger partial charge >= 0.3 is 41.7 Å². The molecule has 4 nitrogen and oxygen atoms in total. The van der Waals surface area contributed by atoms with Crippen molar-refractivity contribution in [2.45, 2.75) is 0 Å². The van der Waals surface area contributed by atoms with Gasteiger partial charge in [-0.25, -0.2) is 19.6 Å². The van der Waals surface area contributed by atoms with Crippen molar-refractivity contribution in [1.82, 2.24) is 0 Å². The molecule has 0 atom stereocenters. The van der Waals surface area contributed by atoms with Crippen molar-refractivity contribution in [3.63, 3.8) is 0 Å². The molecule has 10 heavy (non-hydrogen) atoms. The van der Waals surface area contributed by atoms with Gasteiger partial charge < -0.3 is 9.79 Å². The van der Waals surface area contributed by atoms with Crippen molar-refractivity contribution in [3.05, 3.63) is 19.6 Å². The molecule has 0 rings (SSSR count). The van der Waals surface area contributed by atoms with Crippen molar-refractivity contribution < 1.29 is 60.7 Å². The van der Waals surface area contributed by atoms with Crippen LogP contribution in [0.15, 0.2) is 12.7 Å². The topological polar surface area (TPSA) is 80.3 Å². The smallest absolute Gasteiger partial charge is 0.772 e. The summed E-state index contributed by atoms with van der Waals surface area (Å²) in [6.45, 7) is 6.50. The monoisotopic (exact) mass is 307 g/mol. The Morgan fingerprint density at radius 1 is 1.30 bits per heavy atom. The molecule has 0 saturated heterocycles. The molecule has 0 aliphatic heterocycles. The molecule has 0 spiro atoms. The number of hydrogen-bond donors (Lipinski definition) is 0. The van der Waals surface area contributed by atoms with Gasteiger partial charge in [0.1, 0.15) is 0 Å². The van der Waals surface area contributed by atoms with E-state index in [1.54, 1.807) is 0 Å². The molecule has 0 N–H and O–H groups in total. The quantitative estimate of drug-likeness (QED) is 0.470. The normalized spacial score (nSPS) is 5.40. The first-order valence-corrected chi connectivity index (χ1v) is 3.01. The van der Waals surface area contributed by atoms with Crippen LogP contribution < -0.4 is 9.79 Å². The van der Waals surface area contributed by atoms with Crippen LogP contribution in [0, 0.1) is 48.7 Å². The standard InChI is InChI=1S/C3H5.Ce.2HO2P/c1-3-2;;2*1-3-2/h3H,1-2H2;;2*(H,1,2)/q-1;+3;;/p-2. The zero-order chi connectivity index (χ0) is 8.12.